The molecule has 0 aromatic heterocycles. The highest BCUT2D eigenvalue weighted by molar-refractivity contribution is 6.37. The fraction of sp³-hybridized carbons (Fsp3) is 0.308. The number of hydrazine groups is 2. The van der Waals surface area contributed by atoms with Crippen molar-refractivity contribution in [3.05, 3.63) is 22.7 Å². The van der Waals surface area contributed by atoms with Crippen molar-refractivity contribution >= 4 is 35.2 Å². The van der Waals surface area contributed by atoms with E-state index in [-0.39, 0.29) is 24.7 Å². The highest BCUT2D eigenvalue weighted by Gasteiger charge is 2.37. The maximum Gasteiger partial charge on any atom is 0.573 e. The molecule has 0 saturated carbocycles. The summed E-state index contributed by atoms with van der Waals surface area (Å²) in [6.07, 6.45) is -5.93. The Balaban J connectivity index is 1.98. The molecule has 14 heteroatoms. The van der Waals surface area contributed by atoms with Crippen molar-refractivity contribution in [2.24, 2.45) is 5.10 Å². The number of alkyl halides is 3. The first-order chi connectivity index (χ1) is 12.7. The van der Waals surface area contributed by atoms with Crippen LogP contribution in [0.2, 0.25) is 5.02 Å². The van der Waals surface area contributed by atoms with E-state index in [9.17, 15) is 22.8 Å². The van der Waals surface area contributed by atoms with E-state index in [1.807, 2.05) is 0 Å². The van der Waals surface area contributed by atoms with E-state index in [0.29, 0.717) is 0 Å². The molecule has 1 aromatic carbocycles. The molecule has 2 amide bonds. The van der Waals surface area contributed by atoms with Gasteiger partial charge in [0.2, 0.25) is 5.96 Å². The van der Waals surface area contributed by atoms with E-state index < -0.39 is 34.8 Å². The van der Waals surface area contributed by atoms with Gasteiger partial charge in [0.25, 0.3) is 5.91 Å². The fourth-order valence-electron chi connectivity index (χ4n) is 2.34. The van der Waals surface area contributed by atoms with Crippen molar-refractivity contribution in [3.8, 4) is 5.75 Å². The van der Waals surface area contributed by atoms with Crippen molar-refractivity contribution in [2.75, 3.05) is 25.1 Å². The van der Waals surface area contributed by atoms with Crippen LogP contribution < -0.4 is 26.0 Å². The molecule has 2 heterocycles. The molecule has 3 rings (SSSR count). The molecule has 0 spiro atoms. The minimum absolute atomic E-state index is 0.0457. The maximum atomic E-state index is 12.7. The molecule has 146 valence electrons. The Morgan fingerprint density at radius 3 is 2.74 bits per heavy atom. The van der Waals surface area contributed by atoms with Crippen LogP contribution in [0, 0.1) is 0 Å². The van der Waals surface area contributed by atoms with Crippen LogP contribution >= 0.6 is 11.6 Å². The molecule has 1 aromatic rings. The van der Waals surface area contributed by atoms with Gasteiger partial charge in [-0.25, -0.2) is 10.3 Å². The van der Waals surface area contributed by atoms with Crippen LogP contribution in [0.5, 0.6) is 5.75 Å². The number of carbonyl (C=O) groups excluding carboxylic acids is 2. The summed E-state index contributed by atoms with van der Waals surface area (Å²) in [6.45, 7) is -0.100. The number of hydrogen-bond acceptors (Lipinski definition) is 8. The summed E-state index contributed by atoms with van der Waals surface area (Å²) in [5.41, 5.74) is 4.34. The number of carbonyl (C=O) groups is 2. The van der Waals surface area contributed by atoms with Gasteiger partial charge in [-0.3, -0.25) is 20.0 Å². The molecular formula is C13H12ClF3N6O4. The van der Waals surface area contributed by atoms with E-state index in [1.54, 1.807) is 7.05 Å². The SMILES string of the molecule is CN1NNN=C1NC(=O)c1ccc(OC(F)(F)F)c(N2CCOC2=O)c1Cl. The maximum absolute atomic E-state index is 12.7. The number of amides is 2. The molecule has 1 fully saturated rings. The number of hydrazone groups is 1. The molecular weight excluding hydrogens is 397 g/mol. The lowest BCUT2D eigenvalue weighted by Crippen LogP contribution is -2.45. The summed E-state index contributed by atoms with van der Waals surface area (Å²) in [4.78, 5) is 25.1. The van der Waals surface area contributed by atoms with Gasteiger partial charge in [-0.15, -0.1) is 23.8 Å². The van der Waals surface area contributed by atoms with Crippen molar-refractivity contribution in [3.63, 3.8) is 0 Å². The van der Waals surface area contributed by atoms with Gasteiger partial charge in [-0.1, -0.05) is 11.6 Å². The van der Waals surface area contributed by atoms with Gasteiger partial charge in [0.15, 0.2) is 5.75 Å². The summed E-state index contributed by atoms with van der Waals surface area (Å²) in [5.74, 6) is -1.40. The Kier molecular flexibility index (Phi) is 4.89. The predicted molar refractivity (Wildman–Crippen MR) is 85.8 cm³/mol. The standard InChI is InChI=1S/C13H12ClF3N6O4/c1-22-11(19-20-21-22)18-10(24)6-2-3-7(27-13(15,16)17)9(8(6)14)23-4-5-26-12(23)25/h2-3,20-21H,4-5H2,1H3,(H,18,19,24). The van der Waals surface area contributed by atoms with Crippen molar-refractivity contribution in [2.45, 2.75) is 6.36 Å². The highest BCUT2D eigenvalue weighted by atomic mass is 35.5. The first-order valence-corrected chi connectivity index (χ1v) is 7.71. The molecule has 2 aliphatic heterocycles. The molecule has 27 heavy (non-hydrogen) atoms. The lowest BCUT2D eigenvalue weighted by atomic mass is 10.1. The third-order valence-corrected chi connectivity index (χ3v) is 3.89. The summed E-state index contributed by atoms with van der Waals surface area (Å²) in [5, 5.41) is 7.08. The number of nitrogens with one attached hydrogen (secondary N) is 3. The second-order valence-electron chi connectivity index (χ2n) is 5.26. The van der Waals surface area contributed by atoms with E-state index in [4.69, 9.17) is 16.3 Å². The lowest BCUT2D eigenvalue weighted by molar-refractivity contribution is -0.274. The molecule has 0 atom stereocenters. The minimum Gasteiger partial charge on any atom is -0.447 e. The number of guanidine groups is 1. The Hall–Kier alpha value is -2.93. The Morgan fingerprint density at radius 2 is 2.19 bits per heavy atom. The number of halogens is 4. The number of cyclic esters (lactones) is 1. The summed E-state index contributed by atoms with van der Waals surface area (Å²) in [7, 11) is 1.55. The summed E-state index contributed by atoms with van der Waals surface area (Å²) >= 11 is 6.16. The van der Waals surface area contributed by atoms with Crippen LogP contribution in [0.1, 0.15) is 10.4 Å². The Bertz CT molecular complexity index is 818. The van der Waals surface area contributed by atoms with Crippen LogP contribution in [-0.2, 0) is 4.74 Å². The lowest BCUT2D eigenvalue weighted by Gasteiger charge is -2.21. The predicted octanol–water partition coefficient (Wildman–Crippen LogP) is 1.15. The summed E-state index contributed by atoms with van der Waals surface area (Å²) < 4.78 is 46.8. The second-order valence-corrected chi connectivity index (χ2v) is 5.64. The average molecular weight is 409 g/mol. The van der Waals surface area contributed by atoms with Crippen molar-refractivity contribution in [1.29, 1.82) is 0 Å². The fourth-order valence-corrected chi connectivity index (χ4v) is 2.68. The Morgan fingerprint density at radius 1 is 1.44 bits per heavy atom. The zero-order chi connectivity index (χ0) is 19.8. The first kappa shape index (κ1) is 18.8. The molecule has 0 aliphatic carbocycles. The molecule has 2 aliphatic rings. The van der Waals surface area contributed by atoms with E-state index in [2.05, 4.69) is 26.2 Å². The number of rotatable bonds is 3. The topological polar surface area (TPSA) is 108 Å². The monoisotopic (exact) mass is 408 g/mol. The molecule has 1 saturated heterocycles. The van der Waals surface area contributed by atoms with Gasteiger partial charge in [-0.2, -0.15) is 0 Å². The van der Waals surface area contributed by atoms with Crippen LogP contribution in [-0.4, -0.2) is 49.5 Å². The van der Waals surface area contributed by atoms with Crippen molar-refractivity contribution < 1.29 is 32.2 Å². The summed E-state index contributed by atoms with van der Waals surface area (Å²) in [6, 6.07) is 1.94. The van der Waals surface area contributed by atoms with Gasteiger partial charge in [0.05, 0.1) is 17.1 Å². The van der Waals surface area contributed by atoms with Gasteiger partial charge in [0.1, 0.15) is 12.3 Å². The highest BCUT2D eigenvalue weighted by Crippen LogP contribution is 2.41. The zero-order valence-electron chi connectivity index (χ0n) is 13.6. The molecule has 10 nitrogen and oxygen atoms in total. The van der Waals surface area contributed by atoms with E-state index >= 15 is 0 Å². The largest absolute Gasteiger partial charge is 0.573 e. The molecule has 3 N–H and O–H groups in total. The molecule has 0 bridgehead atoms. The second kappa shape index (κ2) is 7.00. The number of benzene rings is 1. The van der Waals surface area contributed by atoms with Crippen LogP contribution in [0.3, 0.4) is 0 Å². The van der Waals surface area contributed by atoms with E-state index in [1.165, 1.54) is 5.01 Å². The number of nitrogens with zero attached hydrogens (tertiary/aromatic N) is 3. The average Bonchev–Trinajstić information content (AvgIpc) is 3.15. The van der Waals surface area contributed by atoms with Gasteiger partial charge < -0.3 is 9.47 Å². The van der Waals surface area contributed by atoms with Crippen LogP contribution in [0.25, 0.3) is 0 Å². The third kappa shape index (κ3) is 3.93. The zero-order valence-corrected chi connectivity index (χ0v) is 14.3. The first-order valence-electron chi connectivity index (χ1n) is 7.33. The van der Waals surface area contributed by atoms with Gasteiger partial charge >= 0.3 is 12.5 Å². The van der Waals surface area contributed by atoms with Gasteiger partial charge in [0, 0.05) is 7.05 Å². The Labute approximate surface area is 154 Å². The number of ether oxygens (including phenoxy) is 2. The normalized spacial score (nSPS) is 16.8. The quantitative estimate of drug-likeness (QED) is 0.688. The molecule has 0 unspecified atom stereocenters. The minimum atomic E-state index is -5.02. The molecule has 0 radical (unpaired) electrons. The van der Waals surface area contributed by atoms with Gasteiger partial charge in [-0.05, 0) is 12.1 Å². The van der Waals surface area contributed by atoms with Crippen molar-refractivity contribution in [1.82, 2.24) is 21.4 Å². The van der Waals surface area contributed by atoms with Crippen LogP contribution in [0.4, 0.5) is 23.7 Å². The van der Waals surface area contributed by atoms with Crippen LogP contribution in [0.15, 0.2) is 17.2 Å². The number of hydrogen-bond donors (Lipinski definition) is 3. The van der Waals surface area contributed by atoms with E-state index in [0.717, 1.165) is 17.0 Å². The number of anilines is 1. The third-order valence-electron chi connectivity index (χ3n) is 3.50. The smallest absolute Gasteiger partial charge is 0.447 e.